The molecular weight excluding hydrogens is 236 g/mol. The average molecular weight is 241 g/mol. The number of anilines is 1. The zero-order chi connectivity index (χ0) is 10.7. The summed E-state index contributed by atoms with van der Waals surface area (Å²) in [5.74, 6) is 0. The Morgan fingerprint density at radius 3 is 3.13 bits per heavy atom. The fourth-order valence-corrected chi connectivity index (χ4v) is 1.87. The summed E-state index contributed by atoms with van der Waals surface area (Å²) in [4.78, 5) is 4.38. The number of rotatable bonds is 3. The number of halogens is 1. The van der Waals surface area contributed by atoms with Gasteiger partial charge in [-0.3, -0.25) is 0 Å². The third-order valence-corrected chi connectivity index (χ3v) is 2.88. The van der Waals surface area contributed by atoms with Crippen molar-refractivity contribution in [2.75, 3.05) is 5.32 Å². The Morgan fingerprint density at radius 1 is 1.67 bits per heavy atom. The van der Waals surface area contributed by atoms with Crippen molar-refractivity contribution in [1.82, 2.24) is 20.4 Å². The van der Waals surface area contributed by atoms with Crippen LogP contribution in [0.25, 0.3) is 0 Å². The van der Waals surface area contributed by atoms with Gasteiger partial charge in [-0.1, -0.05) is 22.9 Å². The first-order chi connectivity index (χ1) is 7.29. The standard InChI is InChI=1S/C7H5ClN6S/c8-6-5(1-9)15-7(12-6)10-2-4-3-11-14-13-4/h3H,2H2,(H,10,12)(H,11,13,14). The molecule has 0 saturated heterocycles. The largest absolute Gasteiger partial charge is 0.356 e. The van der Waals surface area contributed by atoms with Gasteiger partial charge in [-0.05, 0) is 0 Å². The molecule has 76 valence electrons. The molecule has 0 aliphatic rings. The van der Waals surface area contributed by atoms with Crippen LogP contribution in [0, 0.1) is 11.3 Å². The van der Waals surface area contributed by atoms with Crippen LogP contribution in [0.1, 0.15) is 10.6 Å². The van der Waals surface area contributed by atoms with E-state index in [2.05, 4.69) is 25.7 Å². The normalized spacial score (nSPS) is 9.87. The van der Waals surface area contributed by atoms with E-state index in [1.165, 1.54) is 11.3 Å². The lowest BCUT2D eigenvalue weighted by Gasteiger charge is -1.96. The number of aromatic nitrogens is 4. The third-order valence-electron chi connectivity index (χ3n) is 1.57. The minimum atomic E-state index is 0.227. The molecule has 6 nitrogen and oxygen atoms in total. The topological polar surface area (TPSA) is 90.3 Å². The smallest absolute Gasteiger partial charge is 0.185 e. The lowest BCUT2D eigenvalue weighted by atomic mass is 10.5. The average Bonchev–Trinajstić information content (AvgIpc) is 2.83. The molecule has 8 heteroatoms. The van der Waals surface area contributed by atoms with E-state index in [9.17, 15) is 0 Å². The number of H-pyrrole nitrogens is 1. The summed E-state index contributed by atoms with van der Waals surface area (Å²) < 4.78 is 0. The SMILES string of the molecule is N#Cc1sc(NCc2cn[nH]n2)nc1Cl. The summed E-state index contributed by atoms with van der Waals surface area (Å²) in [5.41, 5.74) is 0.764. The van der Waals surface area contributed by atoms with Gasteiger partial charge in [-0.15, -0.1) is 0 Å². The highest BCUT2D eigenvalue weighted by Crippen LogP contribution is 2.25. The van der Waals surface area contributed by atoms with Crippen LogP contribution < -0.4 is 5.32 Å². The van der Waals surface area contributed by atoms with Crippen LogP contribution in [0.2, 0.25) is 5.15 Å². The van der Waals surface area contributed by atoms with Gasteiger partial charge in [0.15, 0.2) is 10.3 Å². The lowest BCUT2D eigenvalue weighted by Crippen LogP contribution is -1.98. The fraction of sp³-hybridized carbons (Fsp3) is 0.143. The number of hydrogen-bond acceptors (Lipinski definition) is 6. The lowest BCUT2D eigenvalue weighted by molar-refractivity contribution is 0.910. The van der Waals surface area contributed by atoms with E-state index in [0.29, 0.717) is 16.6 Å². The molecular formula is C7H5ClN6S. The molecule has 0 unspecified atom stereocenters. The zero-order valence-corrected chi connectivity index (χ0v) is 8.93. The predicted molar refractivity (Wildman–Crippen MR) is 55.5 cm³/mol. The Kier molecular flexibility index (Phi) is 2.80. The van der Waals surface area contributed by atoms with Crippen LogP contribution >= 0.6 is 22.9 Å². The van der Waals surface area contributed by atoms with Crippen molar-refractivity contribution in [3.8, 4) is 6.07 Å². The van der Waals surface area contributed by atoms with E-state index < -0.39 is 0 Å². The Morgan fingerprint density at radius 2 is 2.53 bits per heavy atom. The van der Waals surface area contributed by atoms with E-state index in [4.69, 9.17) is 16.9 Å². The van der Waals surface area contributed by atoms with Crippen molar-refractivity contribution < 1.29 is 0 Å². The van der Waals surface area contributed by atoms with Gasteiger partial charge in [-0.2, -0.15) is 20.7 Å². The van der Waals surface area contributed by atoms with Crippen molar-refractivity contribution in [2.24, 2.45) is 0 Å². The number of aromatic amines is 1. The molecule has 0 radical (unpaired) electrons. The first-order valence-corrected chi connectivity index (χ1v) is 5.14. The molecule has 2 rings (SSSR count). The summed E-state index contributed by atoms with van der Waals surface area (Å²) in [5, 5.41) is 22.5. The molecule has 0 bridgehead atoms. The van der Waals surface area contributed by atoms with Crippen molar-refractivity contribution in [3.05, 3.63) is 21.9 Å². The highest BCUT2D eigenvalue weighted by atomic mass is 35.5. The van der Waals surface area contributed by atoms with Crippen molar-refractivity contribution in [1.29, 1.82) is 5.26 Å². The van der Waals surface area contributed by atoms with Crippen molar-refractivity contribution in [2.45, 2.75) is 6.54 Å². The van der Waals surface area contributed by atoms with Crippen LogP contribution in [-0.2, 0) is 6.54 Å². The summed E-state index contributed by atoms with van der Waals surface area (Å²) in [6.45, 7) is 0.491. The quantitative estimate of drug-likeness (QED) is 0.846. The van der Waals surface area contributed by atoms with Crippen LogP contribution in [0.5, 0.6) is 0 Å². The second kappa shape index (κ2) is 4.25. The van der Waals surface area contributed by atoms with Crippen molar-refractivity contribution in [3.63, 3.8) is 0 Å². The number of nitriles is 1. The van der Waals surface area contributed by atoms with Crippen LogP contribution in [0.15, 0.2) is 6.20 Å². The zero-order valence-electron chi connectivity index (χ0n) is 7.36. The maximum absolute atomic E-state index is 8.66. The van der Waals surface area contributed by atoms with Gasteiger partial charge < -0.3 is 5.32 Å². The first-order valence-electron chi connectivity index (χ1n) is 3.94. The maximum atomic E-state index is 8.66. The molecule has 0 aliphatic heterocycles. The Labute approximate surface area is 93.9 Å². The maximum Gasteiger partial charge on any atom is 0.185 e. The molecule has 0 aromatic carbocycles. The number of nitrogens with one attached hydrogen (secondary N) is 2. The van der Waals surface area contributed by atoms with E-state index in [-0.39, 0.29) is 5.15 Å². The highest BCUT2D eigenvalue weighted by molar-refractivity contribution is 7.16. The van der Waals surface area contributed by atoms with Crippen LogP contribution in [0.4, 0.5) is 5.13 Å². The summed E-state index contributed by atoms with van der Waals surface area (Å²) in [6, 6.07) is 1.96. The minimum Gasteiger partial charge on any atom is -0.356 e. The monoisotopic (exact) mass is 240 g/mol. The number of hydrogen-bond donors (Lipinski definition) is 2. The first kappa shape index (κ1) is 9.89. The molecule has 0 saturated carbocycles. The molecule has 0 fully saturated rings. The van der Waals surface area contributed by atoms with Gasteiger partial charge >= 0.3 is 0 Å². The third kappa shape index (κ3) is 2.23. The molecule has 15 heavy (non-hydrogen) atoms. The van der Waals surface area contributed by atoms with Gasteiger partial charge in [0.05, 0.1) is 12.7 Å². The van der Waals surface area contributed by atoms with Crippen molar-refractivity contribution >= 4 is 28.1 Å². The van der Waals surface area contributed by atoms with Crippen LogP contribution in [0.3, 0.4) is 0 Å². The molecule has 0 atom stereocenters. The Balaban J connectivity index is 2.03. The minimum absolute atomic E-state index is 0.227. The van der Waals surface area contributed by atoms with Gasteiger partial charge in [0.25, 0.3) is 0 Å². The molecule has 0 spiro atoms. The second-order valence-corrected chi connectivity index (χ2v) is 3.92. The van der Waals surface area contributed by atoms with E-state index in [1.54, 1.807) is 6.20 Å². The van der Waals surface area contributed by atoms with E-state index >= 15 is 0 Å². The van der Waals surface area contributed by atoms with E-state index in [0.717, 1.165) is 5.69 Å². The number of nitrogens with zero attached hydrogens (tertiary/aromatic N) is 4. The van der Waals surface area contributed by atoms with Gasteiger partial charge in [0.2, 0.25) is 0 Å². The molecule has 0 amide bonds. The number of thiazole rings is 1. The van der Waals surface area contributed by atoms with Gasteiger partial charge in [0.1, 0.15) is 16.6 Å². The predicted octanol–water partition coefficient (Wildman–Crippen LogP) is 1.40. The summed E-state index contributed by atoms with van der Waals surface area (Å²) >= 11 is 6.92. The van der Waals surface area contributed by atoms with Gasteiger partial charge in [0, 0.05) is 0 Å². The molecule has 2 aromatic heterocycles. The second-order valence-electron chi connectivity index (χ2n) is 2.57. The molecule has 2 heterocycles. The fourth-order valence-electron chi connectivity index (χ4n) is 0.923. The summed E-state index contributed by atoms with van der Waals surface area (Å²) in [6.07, 6.45) is 1.60. The van der Waals surface area contributed by atoms with Crippen LogP contribution in [-0.4, -0.2) is 20.4 Å². The molecule has 2 N–H and O–H groups in total. The molecule has 2 aromatic rings. The van der Waals surface area contributed by atoms with Gasteiger partial charge in [-0.25, -0.2) is 4.98 Å². The Hall–Kier alpha value is -1.65. The Bertz CT molecular complexity index is 484. The molecule has 0 aliphatic carbocycles. The summed E-state index contributed by atoms with van der Waals surface area (Å²) in [7, 11) is 0. The highest BCUT2D eigenvalue weighted by Gasteiger charge is 2.08. The van der Waals surface area contributed by atoms with E-state index in [1.807, 2.05) is 6.07 Å².